The van der Waals surface area contributed by atoms with Crippen molar-refractivity contribution in [3.8, 4) is 5.75 Å². The fourth-order valence-electron chi connectivity index (χ4n) is 1.71. The molecule has 3 nitrogen and oxygen atoms in total. The summed E-state index contributed by atoms with van der Waals surface area (Å²) >= 11 is 0. The smallest absolute Gasteiger partial charge is 0.449 e. The van der Waals surface area contributed by atoms with Gasteiger partial charge in [-0.3, -0.25) is 0 Å². The minimum Gasteiger partial charge on any atom is -0.449 e. The van der Waals surface area contributed by atoms with Crippen LogP contribution in [0.25, 0.3) is 10.8 Å². The topological polar surface area (TPSA) is 46.5 Å². The van der Waals surface area contributed by atoms with Gasteiger partial charge in [0.15, 0.2) is 0 Å². The number of hydrogen-bond donors (Lipinski definition) is 1. The molecule has 0 aliphatic carbocycles. The van der Waals surface area contributed by atoms with Crippen molar-refractivity contribution in [2.75, 3.05) is 0 Å². The molecule has 0 saturated heterocycles. The Morgan fingerprint density at radius 1 is 1.06 bits per heavy atom. The first kappa shape index (κ1) is 12.2. The Labute approximate surface area is 99.4 Å². The lowest BCUT2D eigenvalue weighted by molar-refractivity contribution is -0.136. The summed E-state index contributed by atoms with van der Waals surface area (Å²) in [5.41, 5.74) is -0.823. The highest BCUT2D eigenvalue weighted by molar-refractivity contribution is 5.92. The zero-order chi connectivity index (χ0) is 13.3. The summed E-state index contributed by atoms with van der Waals surface area (Å²) in [6, 6.07) is 7.41. The van der Waals surface area contributed by atoms with E-state index in [2.05, 4.69) is 4.74 Å². The third-order valence-electron chi connectivity index (χ3n) is 2.38. The molecule has 1 N–H and O–H groups in total. The van der Waals surface area contributed by atoms with Gasteiger partial charge in [-0.1, -0.05) is 24.3 Å². The lowest BCUT2D eigenvalue weighted by atomic mass is 10.0. The fourth-order valence-corrected chi connectivity index (χ4v) is 1.71. The Morgan fingerprint density at radius 3 is 2.28 bits per heavy atom. The number of halogens is 3. The Kier molecular flexibility index (Phi) is 2.86. The van der Waals surface area contributed by atoms with Gasteiger partial charge in [0.1, 0.15) is 5.75 Å². The number of carbonyl (C=O) groups is 1. The summed E-state index contributed by atoms with van der Waals surface area (Å²) in [7, 11) is 0. The molecule has 0 aliphatic heterocycles. The van der Waals surface area contributed by atoms with E-state index >= 15 is 0 Å². The lowest BCUT2D eigenvalue weighted by Gasteiger charge is -2.11. The van der Waals surface area contributed by atoms with Crippen LogP contribution in [0.3, 0.4) is 0 Å². The first-order chi connectivity index (χ1) is 8.39. The zero-order valence-electron chi connectivity index (χ0n) is 8.86. The maximum Gasteiger partial charge on any atom is 0.511 e. The zero-order valence-corrected chi connectivity index (χ0v) is 8.86. The SMILES string of the molecule is O=C(O)Oc1cccc2c(C(F)(F)F)cccc12. The summed E-state index contributed by atoms with van der Waals surface area (Å²) in [5.74, 6) is -0.119. The molecule has 2 aromatic carbocycles. The second-order valence-corrected chi connectivity index (χ2v) is 3.52. The molecule has 2 aromatic rings. The minimum absolute atomic E-state index is 0.0937. The summed E-state index contributed by atoms with van der Waals surface area (Å²) < 4.78 is 42.7. The van der Waals surface area contributed by atoms with Gasteiger partial charge in [-0.05, 0) is 17.5 Å². The quantitative estimate of drug-likeness (QED) is 0.621. The second kappa shape index (κ2) is 4.21. The summed E-state index contributed by atoms with van der Waals surface area (Å²) in [5, 5.41) is 8.52. The van der Waals surface area contributed by atoms with Crippen molar-refractivity contribution >= 4 is 16.9 Å². The highest BCUT2D eigenvalue weighted by Gasteiger charge is 2.32. The van der Waals surface area contributed by atoms with Gasteiger partial charge in [-0.2, -0.15) is 13.2 Å². The second-order valence-electron chi connectivity index (χ2n) is 3.52. The molecule has 0 fully saturated rings. The molecule has 18 heavy (non-hydrogen) atoms. The van der Waals surface area contributed by atoms with Gasteiger partial charge in [0.25, 0.3) is 0 Å². The molecule has 6 heteroatoms. The third kappa shape index (κ3) is 2.22. The van der Waals surface area contributed by atoms with Crippen molar-refractivity contribution in [1.29, 1.82) is 0 Å². The van der Waals surface area contributed by atoms with Crippen molar-refractivity contribution in [2.24, 2.45) is 0 Å². The average Bonchev–Trinajstić information content (AvgIpc) is 2.26. The van der Waals surface area contributed by atoms with Crippen molar-refractivity contribution in [2.45, 2.75) is 6.18 Å². The van der Waals surface area contributed by atoms with E-state index in [1.165, 1.54) is 30.3 Å². The molecule has 0 aromatic heterocycles. The predicted molar refractivity (Wildman–Crippen MR) is 57.6 cm³/mol. The van der Waals surface area contributed by atoms with Crippen LogP contribution in [0, 0.1) is 0 Å². The number of fused-ring (bicyclic) bond motifs is 1. The molecule has 2 rings (SSSR count). The lowest BCUT2D eigenvalue weighted by Crippen LogP contribution is -2.07. The molecule has 0 bridgehead atoms. The molecule has 0 atom stereocenters. The Bertz CT molecular complexity index is 605. The van der Waals surface area contributed by atoms with Crippen LogP contribution in [0.15, 0.2) is 36.4 Å². The number of rotatable bonds is 1. The highest BCUT2D eigenvalue weighted by Crippen LogP contribution is 2.37. The third-order valence-corrected chi connectivity index (χ3v) is 2.38. The van der Waals surface area contributed by atoms with Crippen LogP contribution >= 0.6 is 0 Å². The van der Waals surface area contributed by atoms with Gasteiger partial charge in [0, 0.05) is 5.39 Å². The van der Waals surface area contributed by atoms with Gasteiger partial charge in [0.2, 0.25) is 0 Å². The monoisotopic (exact) mass is 256 g/mol. The van der Waals surface area contributed by atoms with Crippen LogP contribution in [0.1, 0.15) is 5.56 Å². The fraction of sp³-hybridized carbons (Fsp3) is 0.0833. The largest absolute Gasteiger partial charge is 0.511 e. The molecule has 0 unspecified atom stereocenters. The van der Waals surface area contributed by atoms with E-state index in [0.717, 1.165) is 6.07 Å². The first-order valence-electron chi connectivity index (χ1n) is 4.89. The highest BCUT2D eigenvalue weighted by atomic mass is 19.4. The molecule has 0 amide bonds. The summed E-state index contributed by atoms with van der Waals surface area (Å²) in [4.78, 5) is 10.4. The van der Waals surface area contributed by atoms with Crippen molar-refractivity contribution < 1.29 is 27.8 Å². The van der Waals surface area contributed by atoms with Crippen LogP contribution in [0.5, 0.6) is 5.75 Å². The van der Waals surface area contributed by atoms with Crippen LogP contribution < -0.4 is 4.74 Å². The van der Waals surface area contributed by atoms with E-state index in [4.69, 9.17) is 5.11 Å². The molecular formula is C12H7F3O3. The number of ether oxygens (including phenoxy) is 1. The van der Waals surface area contributed by atoms with E-state index in [9.17, 15) is 18.0 Å². The standard InChI is InChI=1S/C12H7F3O3/c13-12(14,15)9-5-1-4-8-7(9)3-2-6-10(8)18-11(16)17/h1-6H,(H,16,17). The van der Waals surface area contributed by atoms with Crippen molar-refractivity contribution in [3.05, 3.63) is 42.0 Å². The Hall–Kier alpha value is -2.24. The minimum atomic E-state index is -4.50. The first-order valence-corrected chi connectivity index (χ1v) is 4.89. The number of carboxylic acid groups (broad SMARTS) is 1. The molecule has 0 spiro atoms. The number of hydrogen-bond acceptors (Lipinski definition) is 2. The molecule has 0 aliphatic rings. The maximum absolute atomic E-state index is 12.8. The van der Waals surface area contributed by atoms with E-state index in [0.29, 0.717) is 0 Å². The van der Waals surface area contributed by atoms with E-state index < -0.39 is 17.9 Å². The van der Waals surface area contributed by atoms with Gasteiger partial charge >= 0.3 is 12.3 Å². The molecular weight excluding hydrogens is 249 g/mol. The van der Waals surface area contributed by atoms with Gasteiger partial charge in [0.05, 0.1) is 5.56 Å². The molecule has 94 valence electrons. The maximum atomic E-state index is 12.8. The Morgan fingerprint density at radius 2 is 1.67 bits per heavy atom. The van der Waals surface area contributed by atoms with Gasteiger partial charge < -0.3 is 9.84 Å². The predicted octanol–water partition coefficient (Wildman–Crippen LogP) is 3.92. The van der Waals surface area contributed by atoms with Gasteiger partial charge in [-0.15, -0.1) is 0 Å². The van der Waals surface area contributed by atoms with Gasteiger partial charge in [-0.25, -0.2) is 4.79 Å². The summed E-state index contributed by atoms with van der Waals surface area (Å²) in [6.45, 7) is 0. The van der Waals surface area contributed by atoms with Crippen LogP contribution in [-0.4, -0.2) is 11.3 Å². The van der Waals surface area contributed by atoms with Crippen LogP contribution in [0.2, 0.25) is 0 Å². The average molecular weight is 256 g/mol. The van der Waals surface area contributed by atoms with Crippen molar-refractivity contribution in [3.63, 3.8) is 0 Å². The summed E-state index contributed by atoms with van der Waals surface area (Å²) in [6.07, 6.45) is -6.07. The van der Waals surface area contributed by atoms with E-state index in [1.807, 2.05) is 0 Å². The number of benzene rings is 2. The normalized spacial score (nSPS) is 11.5. The molecule has 0 radical (unpaired) electrons. The van der Waals surface area contributed by atoms with E-state index in [1.54, 1.807) is 0 Å². The van der Waals surface area contributed by atoms with Crippen LogP contribution in [-0.2, 0) is 6.18 Å². The Balaban J connectivity index is 2.69. The molecule has 0 saturated carbocycles. The molecule has 0 heterocycles. The number of alkyl halides is 3. The van der Waals surface area contributed by atoms with Crippen molar-refractivity contribution in [1.82, 2.24) is 0 Å². The van der Waals surface area contributed by atoms with E-state index in [-0.39, 0.29) is 16.5 Å². The van der Waals surface area contributed by atoms with Crippen LogP contribution in [0.4, 0.5) is 18.0 Å².